The summed E-state index contributed by atoms with van der Waals surface area (Å²) in [6.07, 6.45) is 4.78. The number of furan rings is 1. The van der Waals surface area contributed by atoms with E-state index in [-0.39, 0.29) is 18.1 Å². The summed E-state index contributed by atoms with van der Waals surface area (Å²) in [5, 5.41) is 6.99. The number of carbonyl (C=O) groups is 1. The number of nitrogens with zero attached hydrogens (tertiary/aromatic N) is 4. The summed E-state index contributed by atoms with van der Waals surface area (Å²) in [5.74, 6) is 0.736. The Balaban J connectivity index is 1.49. The Hall–Kier alpha value is -2.19. The molecule has 2 aromatic rings. The molecule has 8 heteroatoms. The molecule has 1 amide bonds. The van der Waals surface area contributed by atoms with Crippen molar-refractivity contribution >= 4 is 5.91 Å². The first kappa shape index (κ1) is 15.7. The molecule has 2 atom stereocenters. The van der Waals surface area contributed by atoms with Gasteiger partial charge >= 0.3 is 0 Å². The summed E-state index contributed by atoms with van der Waals surface area (Å²) in [7, 11) is 0. The fourth-order valence-corrected chi connectivity index (χ4v) is 2.64. The van der Waals surface area contributed by atoms with Gasteiger partial charge in [-0.05, 0) is 19.1 Å². The quantitative estimate of drug-likeness (QED) is 0.823. The van der Waals surface area contributed by atoms with Gasteiger partial charge in [0.25, 0.3) is 0 Å². The number of carbonyl (C=O) groups excluding carboxylic acids is 1. The van der Waals surface area contributed by atoms with Crippen LogP contribution in [0.1, 0.15) is 12.7 Å². The van der Waals surface area contributed by atoms with Gasteiger partial charge in [-0.25, -0.2) is 4.98 Å². The van der Waals surface area contributed by atoms with Crippen molar-refractivity contribution in [1.82, 2.24) is 25.0 Å². The van der Waals surface area contributed by atoms with E-state index in [2.05, 4.69) is 20.3 Å². The molecule has 0 radical (unpaired) electrons. The lowest BCUT2D eigenvalue weighted by atomic mass is 10.2. The lowest BCUT2D eigenvalue weighted by Gasteiger charge is -2.36. The second kappa shape index (κ2) is 7.38. The molecule has 1 aliphatic heterocycles. The van der Waals surface area contributed by atoms with Crippen LogP contribution in [0.5, 0.6) is 0 Å². The predicted octanol–water partition coefficient (Wildman–Crippen LogP) is 0.277. The number of rotatable bonds is 6. The van der Waals surface area contributed by atoms with Gasteiger partial charge in [0.2, 0.25) is 5.91 Å². The Morgan fingerprint density at radius 1 is 1.57 bits per heavy atom. The van der Waals surface area contributed by atoms with Gasteiger partial charge in [0, 0.05) is 13.1 Å². The molecule has 0 aliphatic carbocycles. The van der Waals surface area contributed by atoms with Crippen LogP contribution >= 0.6 is 0 Å². The lowest BCUT2D eigenvalue weighted by Crippen LogP contribution is -2.52. The minimum Gasteiger partial charge on any atom is -0.467 e. The molecule has 0 saturated carbocycles. The van der Waals surface area contributed by atoms with Crippen molar-refractivity contribution in [3.8, 4) is 0 Å². The largest absolute Gasteiger partial charge is 0.467 e. The molecule has 0 bridgehead atoms. The van der Waals surface area contributed by atoms with E-state index in [1.54, 1.807) is 17.3 Å². The minimum absolute atomic E-state index is 0.00535. The number of hydrogen-bond donors (Lipinski definition) is 1. The van der Waals surface area contributed by atoms with Gasteiger partial charge < -0.3 is 14.5 Å². The van der Waals surface area contributed by atoms with E-state index in [0.717, 1.165) is 12.3 Å². The molecule has 0 spiro atoms. The third kappa shape index (κ3) is 4.17. The molecule has 8 nitrogen and oxygen atoms in total. The van der Waals surface area contributed by atoms with E-state index in [0.29, 0.717) is 26.2 Å². The summed E-state index contributed by atoms with van der Waals surface area (Å²) in [6, 6.07) is 3.43. The number of aromatic nitrogens is 3. The van der Waals surface area contributed by atoms with Crippen molar-refractivity contribution in [2.24, 2.45) is 0 Å². The van der Waals surface area contributed by atoms with E-state index in [9.17, 15) is 4.79 Å². The highest BCUT2D eigenvalue weighted by atomic mass is 16.5. The first-order valence-corrected chi connectivity index (χ1v) is 7.70. The predicted molar refractivity (Wildman–Crippen MR) is 81.4 cm³/mol. The molecule has 23 heavy (non-hydrogen) atoms. The lowest BCUT2D eigenvalue weighted by molar-refractivity contribution is -0.129. The molecule has 3 rings (SSSR count). The fraction of sp³-hybridized carbons (Fsp3) is 0.533. The molecule has 0 aromatic carbocycles. The normalized spacial score (nSPS) is 20.3. The van der Waals surface area contributed by atoms with Crippen LogP contribution in [0.3, 0.4) is 0 Å². The summed E-state index contributed by atoms with van der Waals surface area (Å²) >= 11 is 0. The van der Waals surface area contributed by atoms with Gasteiger partial charge in [-0.2, -0.15) is 5.10 Å². The zero-order valence-electron chi connectivity index (χ0n) is 13.1. The van der Waals surface area contributed by atoms with Crippen LogP contribution < -0.4 is 5.32 Å². The molecule has 0 unspecified atom stereocenters. The molecule has 1 fully saturated rings. The summed E-state index contributed by atoms with van der Waals surface area (Å²) in [4.78, 5) is 18.4. The van der Waals surface area contributed by atoms with Crippen molar-refractivity contribution in [3.63, 3.8) is 0 Å². The third-order valence-electron chi connectivity index (χ3n) is 3.97. The number of amides is 1. The van der Waals surface area contributed by atoms with Crippen molar-refractivity contribution in [3.05, 3.63) is 36.8 Å². The zero-order chi connectivity index (χ0) is 16.1. The van der Waals surface area contributed by atoms with E-state index in [4.69, 9.17) is 9.15 Å². The van der Waals surface area contributed by atoms with Gasteiger partial charge in [0.1, 0.15) is 18.4 Å². The van der Waals surface area contributed by atoms with Crippen molar-refractivity contribution in [2.75, 3.05) is 19.7 Å². The van der Waals surface area contributed by atoms with E-state index in [1.807, 2.05) is 19.1 Å². The van der Waals surface area contributed by atoms with Gasteiger partial charge in [0.05, 0.1) is 38.1 Å². The molecular formula is C15H21N5O3. The number of hydrogen-bond acceptors (Lipinski definition) is 6. The first-order valence-electron chi connectivity index (χ1n) is 7.70. The highest BCUT2D eigenvalue weighted by Crippen LogP contribution is 2.11. The SMILES string of the molecule is C[C@@H](C(=O)NCc1ccco1)N1CCO[C@@H](Cn2cncn2)C1. The van der Waals surface area contributed by atoms with Crippen LogP contribution in [0.2, 0.25) is 0 Å². The molecular weight excluding hydrogens is 298 g/mol. The Morgan fingerprint density at radius 2 is 2.48 bits per heavy atom. The summed E-state index contributed by atoms with van der Waals surface area (Å²) < 4.78 is 12.7. The van der Waals surface area contributed by atoms with E-state index >= 15 is 0 Å². The van der Waals surface area contributed by atoms with Gasteiger partial charge in [-0.1, -0.05) is 0 Å². The Morgan fingerprint density at radius 3 is 3.22 bits per heavy atom. The maximum Gasteiger partial charge on any atom is 0.237 e. The second-order valence-electron chi connectivity index (χ2n) is 5.58. The van der Waals surface area contributed by atoms with Crippen LogP contribution in [0, 0.1) is 0 Å². The smallest absolute Gasteiger partial charge is 0.237 e. The topological polar surface area (TPSA) is 85.4 Å². The number of ether oxygens (including phenoxy) is 1. The zero-order valence-corrected chi connectivity index (χ0v) is 13.1. The molecule has 1 saturated heterocycles. The van der Waals surface area contributed by atoms with E-state index in [1.165, 1.54) is 6.33 Å². The van der Waals surface area contributed by atoms with Crippen LogP contribution in [0.4, 0.5) is 0 Å². The average Bonchev–Trinajstić information content (AvgIpc) is 3.25. The minimum atomic E-state index is -0.216. The first-order chi connectivity index (χ1) is 11.2. The number of morpholine rings is 1. The van der Waals surface area contributed by atoms with Gasteiger partial charge in [-0.3, -0.25) is 14.4 Å². The molecule has 1 N–H and O–H groups in total. The fourth-order valence-electron chi connectivity index (χ4n) is 2.64. The monoisotopic (exact) mass is 319 g/mol. The van der Waals surface area contributed by atoms with Crippen LogP contribution in [-0.2, 0) is 22.6 Å². The van der Waals surface area contributed by atoms with Crippen molar-refractivity contribution in [1.29, 1.82) is 0 Å². The van der Waals surface area contributed by atoms with Crippen LogP contribution in [-0.4, -0.2) is 57.4 Å². The number of nitrogens with one attached hydrogen (secondary N) is 1. The summed E-state index contributed by atoms with van der Waals surface area (Å²) in [6.45, 7) is 4.99. The van der Waals surface area contributed by atoms with Crippen molar-refractivity contribution < 1.29 is 13.9 Å². The van der Waals surface area contributed by atoms with Gasteiger partial charge in [0.15, 0.2) is 0 Å². The van der Waals surface area contributed by atoms with Gasteiger partial charge in [-0.15, -0.1) is 0 Å². The molecule has 2 aromatic heterocycles. The maximum atomic E-state index is 12.3. The van der Waals surface area contributed by atoms with E-state index < -0.39 is 0 Å². The van der Waals surface area contributed by atoms with Crippen molar-refractivity contribution in [2.45, 2.75) is 32.2 Å². The highest BCUT2D eigenvalue weighted by Gasteiger charge is 2.28. The standard InChI is InChI=1S/C15H21N5O3/c1-12(15(21)17-7-13-3-2-5-22-13)19-4-6-23-14(8-19)9-20-11-16-10-18-20/h2-3,5,10-12,14H,4,6-9H2,1H3,(H,17,21)/t12-,14+/m0/s1. The second-order valence-corrected chi connectivity index (χ2v) is 5.58. The Labute approximate surface area is 134 Å². The Kier molecular flexibility index (Phi) is 5.04. The average molecular weight is 319 g/mol. The molecule has 124 valence electrons. The maximum absolute atomic E-state index is 12.3. The highest BCUT2D eigenvalue weighted by molar-refractivity contribution is 5.81. The molecule has 1 aliphatic rings. The summed E-state index contributed by atoms with van der Waals surface area (Å²) in [5.41, 5.74) is 0. The third-order valence-corrected chi connectivity index (χ3v) is 3.97. The van der Waals surface area contributed by atoms with Crippen LogP contribution in [0.15, 0.2) is 35.5 Å². The molecule has 3 heterocycles. The Bertz CT molecular complexity index is 599. The van der Waals surface area contributed by atoms with Crippen LogP contribution in [0.25, 0.3) is 0 Å².